The maximum Gasteiger partial charge on any atom is 0.146 e. The molecule has 0 amide bonds. The summed E-state index contributed by atoms with van der Waals surface area (Å²) in [5.74, 6) is 0.733. The standard InChI is InChI=1S/C14H15BrN4/c1-4-10-7-11(15)5-6-13(10)17-14-12(8-16)9(2)18-19(14)3/h5-7,17H,4H2,1-3H3. The zero-order chi connectivity index (χ0) is 14.0. The van der Waals surface area contributed by atoms with E-state index in [1.54, 1.807) is 4.68 Å². The van der Waals surface area contributed by atoms with Crippen molar-refractivity contribution < 1.29 is 0 Å². The van der Waals surface area contributed by atoms with Gasteiger partial charge in [-0.3, -0.25) is 4.68 Å². The number of nitriles is 1. The minimum absolute atomic E-state index is 0.590. The van der Waals surface area contributed by atoms with Gasteiger partial charge in [-0.2, -0.15) is 10.4 Å². The van der Waals surface area contributed by atoms with E-state index in [0.717, 1.165) is 28.1 Å². The van der Waals surface area contributed by atoms with E-state index >= 15 is 0 Å². The zero-order valence-electron chi connectivity index (χ0n) is 11.2. The van der Waals surface area contributed by atoms with Gasteiger partial charge in [0.05, 0.1) is 5.69 Å². The van der Waals surface area contributed by atoms with E-state index in [1.165, 1.54) is 5.56 Å². The van der Waals surface area contributed by atoms with Crippen LogP contribution in [0.1, 0.15) is 23.7 Å². The molecule has 2 rings (SSSR count). The molecule has 0 aliphatic rings. The lowest BCUT2D eigenvalue weighted by Crippen LogP contribution is -2.02. The highest BCUT2D eigenvalue weighted by Crippen LogP contribution is 2.27. The van der Waals surface area contributed by atoms with Crippen LogP contribution >= 0.6 is 15.9 Å². The molecule has 19 heavy (non-hydrogen) atoms. The number of anilines is 2. The quantitative estimate of drug-likeness (QED) is 0.939. The summed E-state index contributed by atoms with van der Waals surface area (Å²) in [6, 6.07) is 8.27. The smallest absolute Gasteiger partial charge is 0.146 e. The fourth-order valence-corrected chi connectivity index (χ4v) is 2.45. The summed E-state index contributed by atoms with van der Waals surface area (Å²) < 4.78 is 2.76. The first kappa shape index (κ1) is 13.6. The van der Waals surface area contributed by atoms with Crippen LogP contribution < -0.4 is 5.32 Å². The zero-order valence-corrected chi connectivity index (χ0v) is 12.7. The van der Waals surface area contributed by atoms with Gasteiger partial charge in [-0.1, -0.05) is 22.9 Å². The Morgan fingerprint density at radius 2 is 2.21 bits per heavy atom. The number of benzene rings is 1. The topological polar surface area (TPSA) is 53.6 Å². The second-order valence-electron chi connectivity index (χ2n) is 4.32. The molecule has 98 valence electrons. The maximum absolute atomic E-state index is 9.21. The highest BCUT2D eigenvalue weighted by molar-refractivity contribution is 9.10. The average Bonchev–Trinajstić information content (AvgIpc) is 2.65. The summed E-state index contributed by atoms with van der Waals surface area (Å²) in [6.07, 6.45) is 0.917. The third-order valence-electron chi connectivity index (χ3n) is 3.04. The molecule has 0 saturated carbocycles. The van der Waals surface area contributed by atoms with E-state index in [9.17, 15) is 5.26 Å². The Morgan fingerprint density at radius 3 is 2.84 bits per heavy atom. The molecule has 0 fully saturated rings. The van der Waals surface area contributed by atoms with E-state index < -0.39 is 0 Å². The first-order valence-corrected chi connectivity index (χ1v) is 6.85. The van der Waals surface area contributed by atoms with Crippen molar-refractivity contribution in [1.29, 1.82) is 5.26 Å². The number of aryl methyl sites for hydroxylation is 3. The summed E-state index contributed by atoms with van der Waals surface area (Å²) in [5, 5.41) is 16.8. The number of hydrogen-bond acceptors (Lipinski definition) is 3. The molecule has 1 heterocycles. The summed E-state index contributed by atoms with van der Waals surface area (Å²) in [7, 11) is 1.83. The Labute approximate surface area is 121 Å². The maximum atomic E-state index is 9.21. The number of nitrogens with one attached hydrogen (secondary N) is 1. The molecule has 2 aromatic rings. The highest BCUT2D eigenvalue weighted by atomic mass is 79.9. The molecule has 0 aliphatic carbocycles. The minimum atomic E-state index is 0.590. The van der Waals surface area contributed by atoms with Gasteiger partial charge in [0.2, 0.25) is 0 Å². The van der Waals surface area contributed by atoms with Crippen LogP contribution in [-0.2, 0) is 13.5 Å². The molecule has 5 heteroatoms. The fraction of sp³-hybridized carbons (Fsp3) is 0.286. The highest BCUT2D eigenvalue weighted by Gasteiger charge is 2.14. The first-order chi connectivity index (χ1) is 9.06. The Hall–Kier alpha value is -1.80. The normalized spacial score (nSPS) is 10.3. The molecule has 1 N–H and O–H groups in total. The van der Waals surface area contributed by atoms with Gasteiger partial charge in [-0.05, 0) is 37.1 Å². The largest absolute Gasteiger partial charge is 0.339 e. The molecule has 0 spiro atoms. The van der Waals surface area contributed by atoms with Crippen LogP contribution in [0.4, 0.5) is 11.5 Å². The van der Waals surface area contributed by atoms with Gasteiger partial charge in [0, 0.05) is 17.2 Å². The van der Waals surface area contributed by atoms with Gasteiger partial charge in [0.25, 0.3) is 0 Å². The molecule has 1 aromatic heterocycles. The van der Waals surface area contributed by atoms with Crippen molar-refractivity contribution in [2.75, 3.05) is 5.32 Å². The van der Waals surface area contributed by atoms with E-state index in [2.05, 4.69) is 45.4 Å². The number of rotatable bonds is 3. The molecule has 0 aliphatic heterocycles. The van der Waals surface area contributed by atoms with Crippen LogP contribution in [0.3, 0.4) is 0 Å². The van der Waals surface area contributed by atoms with Crippen molar-refractivity contribution in [3.63, 3.8) is 0 Å². The summed E-state index contributed by atoms with van der Waals surface area (Å²) in [6.45, 7) is 3.94. The molecule has 0 atom stereocenters. The van der Waals surface area contributed by atoms with E-state index in [0.29, 0.717) is 5.56 Å². The van der Waals surface area contributed by atoms with Gasteiger partial charge in [0.1, 0.15) is 17.5 Å². The van der Waals surface area contributed by atoms with Crippen LogP contribution in [0.25, 0.3) is 0 Å². The van der Waals surface area contributed by atoms with Crippen LogP contribution in [-0.4, -0.2) is 9.78 Å². The van der Waals surface area contributed by atoms with Gasteiger partial charge in [0.15, 0.2) is 0 Å². The second kappa shape index (κ2) is 5.45. The van der Waals surface area contributed by atoms with Crippen LogP contribution in [0.2, 0.25) is 0 Å². The number of halogens is 1. The van der Waals surface area contributed by atoms with Crippen molar-refractivity contribution >= 4 is 27.4 Å². The molecular weight excluding hydrogens is 304 g/mol. The molecule has 0 saturated heterocycles. The van der Waals surface area contributed by atoms with Gasteiger partial charge < -0.3 is 5.32 Å². The number of hydrogen-bond donors (Lipinski definition) is 1. The van der Waals surface area contributed by atoms with Crippen molar-refractivity contribution in [2.24, 2.45) is 7.05 Å². The number of nitrogens with zero attached hydrogens (tertiary/aromatic N) is 3. The van der Waals surface area contributed by atoms with Crippen molar-refractivity contribution in [3.05, 3.63) is 39.5 Å². The SMILES string of the molecule is CCc1cc(Br)ccc1Nc1c(C#N)c(C)nn1C. The van der Waals surface area contributed by atoms with Gasteiger partial charge in [-0.25, -0.2) is 0 Å². The van der Waals surface area contributed by atoms with Gasteiger partial charge in [-0.15, -0.1) is 0 Å². The summed E-state index contributed by atoms with van der Waals surface area (Å²) >= 11 is 3.47. The Morgan fingerprint density at radius 1 is 1.47 bits per heavy atom. The lowest BCUT2D eigenvalue weighted by Gasteiger charge is -2.12. The van der Waals surface area contributed by atoms with Crippen molar-refractivity contribution in [2.45, 2.75) is 20.3 Å². The lowest BCUT2D eigenvalue weighted by atomic mass is 10.1. The fourth-order valence-electron chi connectivity index (χ4n) is 2.04. The van der Waals surface area contributed by atoms with Gasteiger partial charge >= 0.3 is 0 Å². The second-order valence-corrected chi connectivity index (χ2v) is 5.24. The molecule has 0 radical (unpaired) electrons. The molecule has 4 nitrogen and oxygen atoms in total. The van der Waals surface area contributed by atoms with Crippen LogP contribution in [0.5, 0.6) is 0 Å². The Balaban J connectivity index is 2.45. The van der Waals surface area contributed by atoms with E-state index in [1.807, 2.05) is 26.1 Å². The molecule has 1 aromatic carbocycles. The Kier molecular flexibility index (Phi) is 3.91. The first-order valence-electron chi connectivity index (χ1n) is 6.06. The third-order valence-corrected chi connectivity index (χ3v) is 3.53. The summed E-state index contributed by atoms with van der Waals surface area (Å²) in [5.41, 5.74) is 3.53. The minimum Gasteiger partial charge on any atom is -0.339 e. The Bertz CT molecular complexity index is 652. The molecule has 0 bridgehead atoms. The average molecular weight is 319 g/mol. The predicted octanol–water partition coefficient (Wildman–Crippen LogP) is 3.67. The van der Waals surface area contributed by atoms with Crippen molar-refractivity contribution in [3.8, 4) is 6.07 Å². The summed E-state index contributed by atoms with van der Waals surface area (Å²) in [4.78, 5) is 0. The van der Waals surface area contributed by atoms with E-state index in [4.69, 9.17) is 0 Å². The number of aromatic nitrogens is 2. The molecular formula is C14H15BrN4. The lowest BCUT2D eigenvalue weighted by molar-refractivity contribution is 0.764. The third kappa shape index (κ3) is 2.64. The van der Waals surface area contributed by atoms with Crippen LogP contribution in [0, 0.1) is 18.3 Å². The van der Waals surface area contributed by atoms with E-state index in [-0.39, 0.29) is 0 Å². The van der Waals surface area contributed by atoms with Crippen LogP contribution in [0.15, 0.2) is 22.7 Å². The molecule has 0 unspecified atom stereocenters. The monoisotopic (exact) mass is 318 g/mol. The van der Waals surface area contributed by atoms with Crippen molar-refractivity contribution in [1.82, 2.24) is 9.78 Å². The predicted molar refractivity (Wildman–Crippen MR) is 79.5 cm³/mol.